The first kappa shape index (κ1) is 21.5. The van der Waals surface area contributed by atoms with Crippen molar-refractivity contribution >= 4 is 33.0 Å². The molecule has 0 fully saturated rings. The van der Waals surface area contributed by atoms with Gasteiger partial charge in [0.2, 0.25) is 15.7 Å². The maximum atomic E-state index is 12.5. The summed E-state index contributed by atoms with van der Waals surface area (Å²) in [5.41, 5.74) is 0.411. The van der Waals surface area contributed by atoms with Gasteiger partial charge in [-0.15, -0.1) is 0 Å². The van der Waals surface area contributed by atoms with Crippen molar-refractivity contribution in [2.24, 2.45) is 5.41 Å². The Kier molecular flexibility index (Phi) is 6.18. The summed E-state index contributed by atoms with van der Waals surface area (Å²) in [4.78, 5) is 23.8. The summed E-state index contributed by atoms with van der Waals surface area (Å²) in [5.74, 6) is -4.27. The molecule has 0 unspecified atom stereocenters. The molecule has 2 aromatic carbocycles. The van der Waals surface area contributed by atoms with Crippen LogP contribution in [-0.4, -0.2) is 26.0 Å². The quantitative estimate of drug-likeness (QED) is 0.781. The van der Waals surface area contributed by atoms with Gasteiger partial charge in [0.05, 0.1) is 4.90 Å². The molecule has 28 heavy (non-hydrogen) atoms. The Morgan fingerprint density at radius 2 is 1.46 bits per heavy atom. The van der Waals surface area contributed by atoms with Gasteiger partial charge >= 0.3 is 5.76 Å². The van der Waals surface area contributed by atoms with E-state index in [1.807, 2.05) is 0 Å². The number of carbonyl (C=O) groups is 2. The van der Waals surface area contributed by atoms with Gasteiger partial charge < -0.3 is 10.6 Å². The summed E-state index contributed by atoms with van der Waals surface area (Å²) in [6.45, 7) is 5.31. The van der Waals surface area contributed by atoms with E-state index in [1.165, 1.54) is 0 Å². The van der Waals surface area contributed by atoms with Crippen molar-refractivity contribution in [1.29, 1.82) is 0 Å². The van der Waals surface area contributed by atoms with Gasteiger partial charge in [0.25, 0.3) is 5.91 Å². The number of halogens is 2. The van der Waals surface area contributed by atoms with Crippen molar-refractivity contribution in [2.75, 3.05) is 10.6 Å². The number of rotatable bonds is 5. The Bertz CT molecular complexity index is 982. The first-order chi connectivity index (χ1) is 12.9. The molecule has 0 atom stereocenters. The monoisotopic (exact) mass is 410 g/mol. The lowest BCUT2D eigenvalue weighted by Gasteiger charge is -2.18. The molecular formula is C19H20F2N2O4S. The Labute approximate surface area is 161 Å². The van der Waals surface area contributed by atoms with E-state index in [-0.39, 0.29) is 11.5 Å². The smallest absolute Gasteiger partial charge is 0.326 e. The summed E-state index contributed by atoms with van der Waals surface area (Å²) < 4.78 is 47.9. The first-order valence-electron chi connectivity index (χ1n) is 8.26. The zero-order valence-corrected chi connectivity index (χ0v) is 16.3. The van der Waals surface area contributed by atoms with Crippen LogP contribution in [0.15, 0.2) is 53.4 Å². The molecule has 0 aliphatic carbocycles. The van der Waals surface area contributed by atoms with Crippen LogP contribution in [-0.2, 0) is 14.6 Å². The number of amides is 2. The topological polar surface area (TPSA) is 92.3 Å². The molecule has 0 radical (unpaired) electrons. The third-order valence-corrected chi connectivity index (χ3v) is 5.14. The average Bonchev–Trinajstić information content (AvgIpc) is 2.61. The van der Waals surface area contributed by atoms with Crippen LogP contribution in [0, 0.1) is 5.41 Å². The first-order valence-corrected chi connectivity index (χ1v) is 9.81. The molecule has 9 heteroatoms. The fourth-order valence-corrected chi connectivity index (χ4v) is 2.82. The zero-order valence-electron chi connectivity index (χ0n) is 15.5. The molecule has 0 spiro atoms. The number of benzene rings is 2. The molecule has 0 heterocycles. The standard InChI is InChI=1S/C19H20F2N2O4S/c1-19(2,3)17(25)23-14-6-4-5-13(11-14)22-16(24)12-7-9-15(10-8-12)28(26,27)18(20)21/h4-11,18H,1-3H3,(H,22,24)(H,23,25). The molecule has 2 amide bonds. The van der Waals surface area contributed by atoms with Crippen LogP contribution in [0.5, 0.6) is 0 Å². The molecular weight excluding hydrogens is 390 g/mol. The number of sulfone groups is 1. The lowest BCUT2D eigenvalue weighted by molar-refractivity contribution is -0.123. The maximum absolute atomic E-state index is 12.5. The molecule has 0 saturated carbocycles. The van der Waals surface area contributed by atoms with Crippen LogP contribution >= 0.6 is 0 Å². The molecule has 2 aromatic rings. The number of hydrogen-bond donors (Lipinski definition) is 2. The van der Waals surface area contributed by atoms with E-state index in [9.17, 15) is 26.8 Å². The normalized spacial score (nSPS) is 11.9. The highest BCUT2D eigenvalue weighted by Crippen LogP contribution is 2.22. The van der Waals surface area contributed by atoms with Crippen molar-refractivity contribution in [3.8, 4) is 0 Å². The highest BCUT2D eigenvalue weighted by atomic mass is 32.2. The molecule has 0 aromatic heterocycles. The molecule has 150 valence electrons. The Balaban J connectivity index is 2.13. The van der Waals surface area contributed by atoms with Gasteiger partial charge in [-0.1, -0.05) is 26.8 Å². The van der Waals surface area contributed by atoms with Gasteiger partial charge in [0.15, 0.2) is 0 Å². The number of anilines is 2. The predicted molar refractivity (Wildman–Crippen MR) is 102 cm³/mol. The summed E-state index contributed by atoms with van der Waals surface area (Å²) >= 11 is 0. The summed E-state index contributed by atoms with van der Waals surface area (Å²) in [5, 5.41) is 5.35. The van der Waals surface area contributed by atoms with E-state index in [2.05, 4.69) is 10.6 Å². The second-order valence-electron chi connectivity index (χ2n) is 7.07. The van der Waals surface area contributed by atoms with Gasteiger partial charge in [-0.25, -0.2) is 8.42 Å². The van der Waals surface area contributed by atoms with E-state index in [4.69, 9.17) is 0 Å². The van der Waals surface area contributed by atoms with Crippen LogP contribution < -0.4 is 10.6 Å². The zero-order chi connectivity index (χ0) is 21.1. The summed E-state index contributed by atoms with van der Waals surface area (Å²) in [7, 11) is -4.71. The highest BCUT2D eigenvalue weighted by Gasteiger charge is 2.26. The molecule has 2 N–H and O–H groups in total. The fraction of sp³-hybridized carbons (Fsp3) is 0.263. The van der Waals surface area contributed by atoms with Gasteiger partial charge in [0.1, 0.15) is 0 Å². The lowest BCUT2D eigenvalue weighted by atomic mass is 9.95. The van der Waals surface area contributed by atoms with E-state index >= 15 is 0 Å². The molecule has 0 saturated heterocycles. The maximum Gasteiger partial charge on any atom is 0.341 e. The van der Waals surface area contributed by atoms with Crippen LogP contribution in [0.25, 0.3) is 0 Å². The van der Waals surface area contributed by atoms with Gasteiger partial charge in [-0.2, -0.15) is 8.78 Å². The van der Waals surface area contributed by atoms with Crippen LogP contribution in [0.1, 0.15) is 31.1 Å². The van der Waals surface area contributed by atoms with E-state index < -0.39 is 31.8 Å². The summed E-state index contributed by atoms with van der Waals surface area (Å²) in [6, 6.07) is 10.7. The largest absolute Gasteiger partial charge is 0.341 e. The van der Waals surface area contributed by atoms with Crippen molar-refractivity contribution in [2.45, 2.75) is 31.4 Å². The summed E-state index contributed by atoms with van der Waals surface area (Å²) in [6.07, 6.45) is 0. The number of carbonyl (C=O) groups excluding carboxylic acids is 2. The van der Waals surface area contributed by atoms with Crippen molar-refractivity contribution in [3.05, 3.63) is 54.1 Å². The minimum Gasteiger partial charge on any atom is -0.326 e. The SMILES string of the molecule is CC(C)(C)C(=O)Nc1cccc(NC(=O)c2ccc(S(=O)(=O)C(F)F)cc2)c1. The highest BCUT2D eigenvalue weighted by molar-refractivity contribution is 7.91. The Hall–Kier alpha value is -2.81. The third kappa shape index (κ3) is 5.13. The lowest BCUT2D eigenvalue weighted by Crippen LogP contribution is -2.27. The molecule has 6 nitrogen and oxygen atoms in total. The number of hydrogen-bond acceptors (Lipinski definition) is 4. The van der Waals surface area contributed by atoms with Crippen LogP contribution in [0.2, 0.25) is 0 Å². The predicted octanol–water partition coefficient (Wildman–Crippen LogP) is 3.92. The fourth-order valence-electron chi connectivity index (χ4n) is 2.10. The van der Waals surface area contributed by atoms with Gasteiger partial charge in [-0.3, -0.25) is 9.59 Å². The van der Waals surface area contributed by atoms with Gasteiger partial charge in [-0.05, 0) is 42.5 Å². The van der Waals surface area contributed by atoms with Crippen molar-refractivity contribution < 1.29 is 26.8 Å². The van der Waals surface area contributed by atoms with Gasteiger partial charge in [0, 0.05) is 22.4 Å². The third-order valence-electron chi connectivity index (χ3n) is 3.74. The number of nitrogens with one attached hydrogen (secondary N) is 2. The molecule has 2 rings (SSSR count). The minimum absolute atomic E-state index is 0.0948. The minimum atomic E-state index is -4.71. The van der Waals surface area contributed by atoms with Crippen molar-refractivity contribution in [1.82, 2.24) is 0 Å². The second kappa shape index (κ2) is 8.05. The molecule has 0 aliphatic rings. The molecule has 0 aliphatic heterocycles. The second-order valence-corrected chi connectivity index (χ2v) is 8.99. The average molecular weight is 410 g/mol. The van der Waals surface area contributed by atoms with Crippen LogP contribution in [0.3, 0.4) is 0 Å². The Morgan fingerprint density at radius 1 is 0.929 bits per heavy atom. The van der Waals surface area contributed by atoms with Crippen LogP contribution in [0.4, 0.5) is 20.2 Å². The van der Waals surface area contributed by atoms with Crippen molar-refractivity contribution in [3.63, 3.8) is 0 Å². The van der Waals surface area contributed by atoms with E-state index in [1.54, 1.807) is 45.0 Å². The van der Waals surface area contributed by atoms with E-state index in [0.717, 1.165) is 24.3 Å². The Morgan fingerprint density at radius 3 is 1.96 bits per heavy atom. The number of alkyl halides is 2. The molecule has 0 bridgehead atoms. The van der Waals surface area contributed by atoms with E-state index in [0.29, 0.717) is 11.4 Å².